The number of ether oxygens (including phenoxy) is 1. The van der Waals surface area contributed by atoms with Crippen LogP contribution in [-0.2, 0) is 28.7 Å². The molecule has 2 unspecified atom stereocenters. The normalized spacial score (nSPS) is 15.8. The third kappa shape index (κ3) is 15.4. The molecule has 2 aromatic heterocycles. The summed E-state index contributed by atoms with van der Waals surface area (Å²) in [7, 11) is 0. The Labute approximate surface area is 378 Å². The summed E-state index contributed by atoms with van der Waals surface area (Å²) in [6.45, 7) is 20.6. The van der Waals surface area contributed by atoms with Gasteiger partial charge in [0.05, 0.1) is 17.7 Å². The van der Waals surface area contributed by atoms with Gasteiger partial charge in [-0.2, -0.15) is 8.78 Å². The van der Waals surface area contributed by atoms with E-state index in [9.17, 15) is 18.0 Å². The Balaban J connectivity index is 0.000000609. The van der Waals surface area contributed by atoms with Gasteiger partial charge in [-0.3, -0.25) is 13.6 Å². The highest BCUT2D eigenvalue weighted by atomic mass is 32.2. The second-order valence-corrected chi connectivity index (χ2v) is 19.0. The predicted octanol–water partition coefficient (Wildman–Crippen LogP) is 13.2. The number of unbranched alkanes of at least 4 members (excludes halogenated alkanes) is 2. The van der Waals surface area contributed by atoms with Crippen LogP contribution in [0.15, 0.2) is 41.2 Å². The zero-order valence-corrected chi connectivity index (χ0v) is 40.9. The highest BCUT2D eigenvalue weighted by Crippen LogP contribution is 2.45. The fourth-order valence-electron chi connectivity index (χ4n) is 8.60. The summed E-state index contributed by atoms with van der Waals surface area (Å²) < 4.78 is 61.0. The summed E-state index contributed by atoms with van der Waals surface area (Å²) in [5.74, 6) is 1.15. The molecule has 0 spiro atoms. The van der Waals surface area contributed by atoms with Crippen molar-refractivity contribution in [2.45, 2.75) is 172 Å². The zero-order chi connectivity index (χ0) is 47.2. The van der Waals surface area contributed by atoms with Crippen LogP contribution in [0.3, 0.4) is 0 Å². The molecule has 2 aromatic carbocycles. The van der Waals surface area contributed by atoms with Gasteiger partial charge in [0.15, 0.2) is 5.65 Å². The van der Waals surface area contributed by atoms with Crippen molar-refractivity contribution in [3.05, 3.63) is 97.5 Å². The van der Waals surface area contributed by atoms with Gasteiger partial charge in [-0.1, -0.05) is 97.9 Å². The number of nitrogens with zero attached hydrogens (tertiary/aromatic N) is 3. The molecule has 2 aliphatic carbocycles. The largest absolute Gasteiger partial charge is 0.773 e. The van der Waals surface area contributed by atoms with E-state index >= 15 is 0 Å². The molecule has 8 nitrogen and oxygen atoms in total. The van der Waals surface area contributed by atoms with Crippen molar-refractivity contribution in [1.82, 2.24) is 14.5 Å². The Hall–Kier alpha value is -3.74. The minimum Gasteiger partial charge on any atom is -0.773 e. The number of pyridine rings is 1. The summed E-state index contributed by atoms with van der Waals surface area (Å²) >= 11 is -1.86. The Kier molecular flexibility index (Phi) is 21.3. The first-order valence-electron chi connectivity index (χ1n) is 23.1. The first-order chi connectivity index (χ1) is 29.8. The Bertz CT molecular complexity index is 2170. The number of alkyl halides is 2. The third-order valence-corrected chi connectivity index (χ3v) is 12.0. The van der Waals surface area contributed by atoms with Crippen LogP contribution < -0.4 is 5.56 Å². The quantitative estimate of drug-likeness (QED) is 0.0721. The zero-order valence-electron chi connectivity index (χ0n) is 40.1. The van der Waals surface area contributed by atoms with Crippen molar-refractivity contribution in [2.75, 3.05) is 12.9 Å². The molecule has 2 atom stereocenters. The molecule has 0 saturated heterocycles. The van der Waals surface area contributed by atoms with E-state index in [-0.39, 0.29) is 29.8 Å². The Morgan fingerprint density at radius 2 is 1.62 bits per heavy atom. The standard InChI is InChI=1S/C42H53FN4O.C6H12F2O.C2H6.CH4O2S/c1-9-10-31-13-14-35(27(6)37(31)38(44)24(2)3)47-40(33(29-11-12-29)23-28-19-25(4)20-32(43)22-28)46-39-36(41(47)48)26(5)21-34(45-39)30-15-17-42(7,8)18-16-30;1-2-3-4-5-9-6(7)8;1-2;1-4(2)3/h13-14,19-22,24,29-30,33,44H,9-12,15-18,23H2,1-8H3;6H,2-5H2,1H3;1-2H3;1H3,(H,2,3)/p-1. The Morgan fingerprint density at radius 3 is 2.16 bits per heavy atom. The van der Waals surface area contributed by atoms with E-state index < -0.39 is 17.7 Å². The molecule has 0 radical (unpaired) electrons. The van der Waals surface area contributed by atoms with Gasteiger partial charge in [0.25, 0.3) is 5.56 Å². The molecule has 6 rings (SSSR count). The maximum Gasteiger partial charge on any atom is 0.345 e. The van der Waals surface area contributed by atoms with Crippen LogP contribution in [0.4, 0.5) is 13.2 Å². The average Bonchev–Trinajstić information content (AvgIpc) is 4.05. The smallest absolute Gasteiger partial charge is 0.345 e. The maximum absolute atomic E-state index is 15.0. The van der Waals surface area contributed by atoms with E-state index in [0.29, 0.717) is 46.2 Å². The van der Waals surface area contributed by atoms with Crippen LogP contribution in [0.2, 0.25) is 0 Å². The number of hydrogen-bond acceptors (Lipinski definition) is 7. The highest BCUT2D eigenvalue weighted by Gasteiger charge is 2.37. The molecular formula is C51H74F3N4O4S-. The second-order valence-electron chi connectivity index (χ2n) is 18.2. The molecule has 0 bridgehead atoms. The molecule has 2 heterocycles. The van der Waals surface area contributed by atoms with Crippen molar-refractivity contribution in [2.24, 2.45) is 17.3 Å². The number of rotatable bonds is 15. The van der Waals surface area contributed by atoms with Crippen LogP contribution in [0.25, 0.3) is 16.7 Å². The second kappa shape index (κ2) is 25.1. The molecule has 0 amide bonds. The summed E-state index contributed by atoms with van der Waals surface area (Å²) in [6.07, 6.45) is 12.9. The number of aryl methyl sites for hydroxylation is 3. The van der Waals surface area contributed by atoms with E-state index in [4.69, 9.17) is 24.1 Å². The van der Waals surface area contributed by atoms with Crippen molar-refractivity contribution in [3.63, 3.8) is 0 Å². The van der Waals surface area contributed by atoms with Gasteiger partial charge in [0, 0.05) is 28.8 Å². The number of nitrogens with one attached hydrogen (secondary N) is 1. The number of fused-ring (bicyclic) bond motifs is 1. The van der Waals surface area contributed by atoms with E-state index in [1.165, 1.54) is 0 Å². The number of hydrogen-bond donors (Lipinski definition) is 1. The highest BCUT2D eigenvalue weighted by molar-refractivity contribution is 7.78. The van der Waals surface area contributed by atoms with Gasteiger partial charge in [0.2, 0.25) is 0 Å². The number of aromatic nitrogens is 3. The maximum atomic E-state index is 15.0. The van der Waals surface area contributed by atoms with Crippen LogP contribution in [0.5, 0.6) is 0 Å². The van der Waals surface area contributed by atoms with Gasteiger partial charge in [-0.25, -0.2) is 14.4 Å². The van der Waals surface area contributed by atoms with Crippen molar-refractivity contribution in [3.8, 4) is 5.69 Å². The van der Waals surface area contributed by atoms with Crippen molar-refractivity contribution >= 4 is 27.8 Å². The van der Waals surface area contributed by atoms with Crippen LogP contribution in [0.1, 0.15) is 176 Å². The van der Waals surface area contributed by atoms with Gasteiger partial charge in [-0.15, -0.1) is 0 Å². The summed E-state index contributed by atoms with van der Waals surface area (Å²) in [4.78, 5) is 25.5. The van der Waals surface area contributed by atoms with Crippen molar-refractivity contribution in [1.29, 1.82) is 5.41 Å². The molecule has 350 valence electrons. The molecule has 1 N–H and O–H groups in total. The lowest BCUT2D eigenvalue weighted by Crippen LogP contribution is -2.29. The lowest BCUT2D eigenvalue weighted by molar-refractivity contribution is -0.129. The van der Waals surface area contributed by atoms with Crippen LogP contribution in [-0.4, -0.2) is 48.5 Å². The summed E-state index contributed by atoms with van der Waals surface area (Å²) in [5.41, 5.74) is 8.94. The third-order valence-electron chi connectivity index (χ3n) is 12.0. The first-order valence-corrected chi connectivity index (χ1v) is 24.6. The van der Waals surface area contributed by atoms with Gasteiger partial charge in [-0.05, 0) is 154 Å². The predicted molar refractivity (Wildman–Crippen MR) is 253 cm³/mol. The van der Waals surface area contributed by atoms with Crippen LogP contribution in [0, 0.1) is 49.2 Å². The molecule has 2 fully saturated rings. The molecule has 2 aliphatic rings. The lowest BCUT2D eigenvalue weighted by atomic mass is 9.72. The SMILES string of the molecule is CC.CCCCCOC(F)F.CCCc1ccc(-n2c(C(Cc3cc(C)cc(F)c3)C3CC3)nc3nc(C4CCC(C)(C)CC4)cc(C)c3c2=O)c(C)c1C(=N)C(C)C.CS(=O)[O-]. The fraction of sp³-hybridized carbons (Fsp3) is 0.608. The molecule has 0 aliphatic heterocycles. The molecule has 2 saturated carbocycles. The summed E-state index contributed by atoms with van der Waals surface area (Å²) in [5, 5.41) is 9.69. The number of benzene rings is 2. The van der Waals surface area contributed by atoms with E-state index in [1.54, 1.807) is 12.1 Å². The van der Waals surface area contributed by atoms with Gasteiger partial charge < -0.3 is 14.7 Å². The number of halogens is 3. The minimum atomic E-state index is -2.60. The fourth-order valence-corrected chi connectivity index (χ4v) is 8.60. The molecule has 63 heavy (non-hydrogen) atoms. The molecule has 12 heteroatoms. The Morgan fingerprint density at radius 1 is 0.984 bits per heavy atom. The topological polar surface area (TPSA) is 121 Å². The minimum absolute atomic E-state index is 0.0473. The van der Waals surface area contributed by atoms with Gasteiger partial charge >= 0.3 is 6.61 Å². The lowest BCUT2D eigenvalue weighted by Gasteiger charge is -2.34. The average molecular weight is 896 g/mol. The first kappa shape index (κ1) is 53.6. The van der Waals surface area contributed by atoms with Gasteiger partial charge in [0.1, 0.15) is 11.6 Å². The molecular weight excluding hydrogens is 822 g/mol. The van der Waals surface area contributed by atoms with Crippen LogP contribution >= 0.6 is 0 Å². The van der Waals surface area contributed by atoms with Crippen molar-refractivity contribution < 1.29 is 26.7 Å². The van der Waals surface area contributed by atoms with E-state index in [1.807, 2.05) is 39.2 Å². The molecule has 4 aromatic rings. The monoisotopic (exact) mass is 896 g/mol. The van der Waals surface area contributed by atoms with E-state index in [0.717, 1.165) is 122 Å². The van der Waals surface area contributed by atoms with E-state index in [2.05, 4.69) is 70.5 Å². The summed E-state index contributed by atoms with van der Waals surface area (Å²) in [6, 6.07) is 11.5.